The summed E-state index contributed by atoms with van der Waals surface area (Å²) in [5.74, 6) is 0.656. The van der Waals surface area contributed by atoms with Crippen LogP contribution in [0.4, 0.5) is 4.79 Å². The van der Waals surface area contributed by atoms with E-state index in [2.05, 4.69) is 5.32 Å². The zero-order valence-electron chi connectivity index (χ0n) is 20.0. The summed E-state index contributed by atoms with van der Waals surface area (Å²) < 4.78 is 41.2. The van der Waals surface area contributed by atoms with Crippen LogP contribution in [-0.4, -0.2) is 33.8 Å². The van der Waals surface area contributed by atoms with E-state index in [4.69, 9.17) is 13.7 Å². The van der Waals surface area contributed by atoms with Gasteiger partial charge in [-0.1, -0.05) is 66.2 Å². The molecule has 0 radical (unpaired) electrons. The summed E-state index contributed by atoms with van der Waals surface area (Å²) >= 11 is 0. The molecule has 0 saturated heterocycles. The Balaban J connectivity index is 1.42. The van der Waals surface area contributed by atoms with E-state index in [9.17, 15) is 13.2 Å². The Labute approximate surface area is 207 Å². The van der Waals surface area contributed by atoms with E-state index in [-0.39, 0.29) is 18.1 Å². The number of para-hydroxylation sites is 1. The van der Waals surface area contributed by atoms with Crippen molar-refractivity contribution in [2.24, 2.45) is 0 Å². The maximum atomic E-state index is 12.4. The molecule has 3 aromatic rings. The fourth-order valence-corrected chi connectivity index (χ4v) is 4.25. The van der Waals surface area contributed by atoms with Crippen molar-refractivity contribution in [1.29, 1.82) is 0 Å². The maximum absolute atomic E-state index is 12.4. The number of alkyl carbamates (subject to hydrolysis) is 1. The van der Waals surface area contributed by atoms with Crippen LogP contribution < -0.4 is 10.1 Å². The lowest BCUT2D eigenvalue weighted by molar-refractivity contribution is 0.139. The van der Waals surface area contributed by atoms with Crippen molar-refractivity contribution in [3.05, 3.63) is 95.6 Å². The zero-order chi connectivity index (χ0) is 25.1. The van der Waals surface area contributed by atoms with Crippen molar-refractivity contribution in [1.82, 2.24) is 5.32 Å². The largest absolute Gasteiger partial charge is 0.488 e. The lowest BCUT2D eigenvalue weighted by atomic mass is 10.1. The highest BCUT2D eigenvalue weighted by atomic mass is 32.2. The van der Waals surface area contributed by atoms with Gasteiger partial charge in [0.05, 0.1) is 4.90 Å². The molecule has 7 nitrogen and oxygen atoms in total. The van der Waals surface area contributed by atoms with Gasteiger partial charge in [-0.2, -0.15) is 8.42 Å². The van der Waals surface area contributed by atoms with Gasteiger partial charge < -0.3 is 14.8 Å². The maximum Gasteiger partial charge on any atom is 0.407 e. The number of carbonyl (C=O) groups excluding carboxylic acids is 1. The van der Waals surface area contributed by atoms with Crippen LogP contribution in [0.3, 0.4) is 0 Å². The van der Waals surface area contributed by atoms with Gasteiger partial charge in [-0.15, -0.1) is 0 Å². The molecule has 0 aliphatic carbocycles. The molecule has 0 aliphatic rings. The van der Waals surface area contributed by atoms with Gasteiger partial charge in [0.15, 0.2) is 0 Å². The van der Waals surface area contributed by atoms with E-state index in [1.165, 1.54) is 12.1 Å². The number of aryl methyl sites for hydroxylation is 2. The van der Waals surface area contributed by atoms with Crippen LogP contribution in [0.1, 0.15) is 30.0 Å². The summed E-state index contributed by atoms with van der Waals surface area (Å²) in [5.41, 5.74) is 2.86. The average Bonchev–Trinajstić information content (AvgIpc) is 2.86. The number of benzene rings is 3. The summed E-state index contributed by atoms with van der Waals surface area (Å²) in [6.45, 7) is 4.21. The van der Waals surface area contributed by atoms with Gasteiger partial charge in [-0.05, 0) is 56.0 Å². The number of carbonyl (C=O) groups is 1. The standard InChI is InChI=1S/C27H31NO6S/c1-21-14-16-25(17-15-21)35(30,31)33-19-22(2)34-26-13-7-6-11-24(26)12-8-18-28-27(29)32-20-23-9-4-3-5-10-23/h3-7,9-11,13-17,22H,8,12,18-20H2,1-2H3,(H,28,29)/t22-/m1/s1. The van der Waals surface area contributed by atoms with Crippen LogP contribution in [0.15, 0.2) is 83.8 Å². The van der Waals surface area contributed by atoms with E-state index in [0.717, 1.165) is 16.7 Å². The number of ether oxygens (including phenoxy) is 2. The molecule has 0 aliphatic heterocycles. The summed E-state index contributed by atoms with van der Waals surface area (Å²) in [5, 5.41) is 2.75. The zero-order valence-corrected chi connectivity index (χ0v) is 20.8. The van der Waals surface area contributed by atoms with Gasteiger partial charge in [0.1, 0.15) is 25.1 Å². The molecule has 1 atom stereocenters. The first-order chi connectivity index (χ1) is 16.8. The van der Waals surface area contributed by atoms with Gasteiger partial charge in [0, 0.05) is 6.54 Å². The topological polar surface area (TPSA) is 90.9 Å². The lowest BCUT2D eigenvalue weighted by Gasteiger charge is -2.17. The normalized spacial score (nSPS) is 12.1. The van der Waals surface area contributed by atoms with E-state index in [1.54, 1.807) is 19.1 Å². The van der Waals surface area contributed by atoms with Crippen LogP contribution in [0, 0.1) is 6.92 Å². The monoisotopic (exact) mass is 497 g/mol. The molecule has 0 fully saturated rings. The number of rotatable bonds is 12. The number of hydrogen-bond acceptors (Lipinski definition) is 6. The highest BCUT2D eigenvalue weighted by Crippen LogP contribution is 2.21. The van der Waals surface area contributed by atoms with Crippen molar-refractivity contribution >= 4 is 16.2 Å². The first-order valence-electron chi connectivity index (χ1n) is 11.5. The Kier molecular flexibility index (Phi) is 9.69. The van der Waals surface area contributed by atoms with Crippen LogP contribution in [0.25, 0.3) is 0 Å². The second kappa shape index (κ2) is 12.9. The van der Waals surface area contributed by atoms with Crippen molar-refractivity contribution in [3.63, 3.8) is 0 Å². The molecule has 0 spiro atoms. The number of nitrogens with one attached hydrogen (secondary N) is 1. The predicted octanol–water partition coefficient (Wildman–Crippen LogP) is 5.03. The highest BCUT2D eigenvalue weighted by molar-refractivity contribution is 7.86. The van der Waals surface area contributed by atoms with E-state index >= 15 is 0 Å². The lowest BCUT2D eigenvalue weighted by Crippen LogP contribution is -2.25. The molecule has 0 heterocycles. The van der Waals surface area contributed by atoms with Crippen molar-refractivity contribution in [2.75, 3.05) is 13.2 Å². The molecule has 0 saturated carbocycles. The minimum absolute atomic E-state index is 0.112. The number of amides is 1. The molecule has 0 bridgehead atoms. The first kappa shape index (κ1) is 26.2. The van der Waals surface area contributed by atoms with Gasteiger partial charge >= 0.3 is 6.09 Å². The quantitative estimate of drug-likeness (QED) is 0.279. The minimum atomic E-state index is -3.85. The highest BCUT2D eigenvalue weighted by Gasteiger charge is 2.18. The van der Waals surface area contributed by atoms with Gasteiger partial charge in [-0.3, -0.25) is 4.18 Å². The van der Waals surface area contributed by atoms with E-state index < -0.39 is 22.3 Å². The second-order valence-electron chi connectivity index (χ2n) is 8.18. The molecule has 8 heteroatoms. The molecule has 186 valence electrons. The molecule has 1 amide bonds. The van der Waals surface area contributed by atoms with Crippen LogP contribution in [0.2, 0.25) is 0 Å². The van der Waals surface area contributed by atoms with Crippen LogP contribution in [0.5, 0.6) is 5.75 Å². The fourth-order valence-electron chi connectivity index (χ4n) is 3.28. The van der Waals surface area contributed by atoms with Crippen molar-refractivity contribution in [2.45, 2.75) is 44.3 Å². The Hall–Kier alpha value is -3.36. The third-order valence-electron chi connectivity index (χ3n) is 5.17. The fraction of sp³-hybridized carbons (Fsp3) is 0.296. The predicted molar refractivity (Wildman–Crippen MR) is 134 cm³/mol. The summed E-state index contributed by atoms with van der Waals surface area (Å²) in [6, 6.07) is 23.5. The third kappa shape index (κ3) is 8.73. The van der Waals surface area contributed by atoms with Gasteiger partial charge in [0.2, 0.25) is 0 Å². The second-order valence-corrected chi connectivity index (χ2v) is 9.80. The first-order valence-corrected chi connectivity index (χ1v) is 12.9. The summed E-state index contributed by atoms with van der Waals surface area (Å²) in [4.78, 5) is 12.0. The van der Waals surface area contributed by atoms with Crippen molar-refractivity contribution < 1.29 is 26.9 Å². The molecule has 35 heavy (non-hydrogen) atoms. The van der Waals surface area contributed by atoms with Crippen molar-refractivity contribution in [3.8, 4) is 5.75 Å². The van der Waals surface area contributed by atoms with E-state index in [0.29, 0.717) is 25.1 Å². The van der Waals surface area contributed by atoms with Gasteiger partial charge in [0.25, 0.3) is 10.1 Å². The Bertz CT molecular complexity index is 1180. The molecule has 0 unspecified atom stereocenters. The SMILES string of the molecule is Cc1ccc(S(=O)(=O)OC[C@@H](C)Oc2ccccc2CCCNC(=O)OCc2ccccc2)cc1. The smallest absolute Gasteiger partial charge is 0.407 e. The van der Waals surface area contributed by atoms with Crippen LogP contribution in [-0.2, 0) is 32.1 Å². The molecule has 0 aromatic heterocycles. The molecule has 1 N–H and O–H groups in total. The van der Waals surface area contributed by atoms with E-state index in [1.807, 2.05) is 61.5 Å². The van der Waals surface area contributed by atoms with Gasteiger partial charge in [-0.25, -0.2) is 4.79 Å². The Morgan fingerprint density at radius 2 is 1.63 bits per heavy atom. The summed E-state index contributed by atoms with van der Waals surface area (Å²) in [7, 11) is -3.85. The molecule has 3 rings (SSSR count). The molecular formula is C27H31NO6S. The average molecular weight is 498 g/mol. The number of hydrogen-bond donors (Lipinski definition) is 1. The third-order valence-corrected chi connectivity index (χ3v) is 6.47. The Morgan fingerprint density at radius 1 is 0.943 bits per heavy atom. The van der Waals surface area contributed by atoms with Crippen LogP contribution >= 0.6 is 0 Å². The molecule has 3 aromatic carbocycles. The Morgan fingerprint density at radius 3 is 2.37 bits per heavy atom. The summed E-state index contributed by atoms with van der Waals surface area (Å²) in [6.07, 6.45) is 0.416. The molecular weight excluding hydrogens is 466 g/mol. The minimum Gasteiger partial charge on any atom is -0.488 e.